The third-order valence-electron chi connectivity index (χ3n) is 5.72. The van der Waals surface area contributed by atoms with Gasteiger partial charge in [-0.3, -0.25) is 4.57 Å². The minimum absolute atomic E-state index is 0.251. The van der Waals surface area contributed by atoms with Gasteiger partial charge >= 0.3 is 0 Å². The highest BCUT2D eigenvalue weighted by molar-refractivity contribution is 6.30. The lowest BCUT2D eigenvalue weighted by atomic mass is 10.1. The van der Waals surface area contributed by atoms with Gasteiger partial charge in [0.25, 0.3) is 0 Å². The van der Waals surface area contributed by atoms with Crippen molar-refractivity contribution in [3.8, 4) is 0 Å². The van der Waals surface area contributed by atoms with Crippen LogP contribution in [0.2, 0.25) is 5.02 Å². The first-order chi connectivity index (χ1) is 15.3. The Morgan fingerprint density at radius 3 is 2.53 bits per heavy atom. The SMILES string of the molecule is CN(CCN(C)C[C@H]1O[C@@H](n2cnc3c(N)ncnc32)[C@H](O)[C@@H]1O)Cc1ccc(Cl)cc1. The first kappa shape index (κ1) is 22.8. The summed E-state index contributed by atoms with van der Waals surface area (Å²) < 4.78 is 7.60. The Kier molecular flexibility index (Phi) is 6.89. The van der Waals surface area contributed by atoms with Gasteiger partial charge in [-0.15, -0.1) is 0 Å². The average molecular weight is 462 g/mol. The maximum absolute atomic E-state index is 10.6. The molecule has 4 atom stereocenters. The van der Waals surface area contributed by atoms with Crippen molar-refractivity contribution < 1.29 is 14.9 Å². The number of hydrogen-bond donors (Lipinski definition) is 3. The number of nitrogens with two attached hydrogens (primary N) is 1. The summed E-state index contributed by atoms with van der Waals surface area (Å²) >= 11 is 5.95. The number of nitrogens with zero attached hydrogens (tertiary/aromatic N) is 6. The molecule has 0 spiro atoms. The first-order valence-corrected chi connectivity index (χ1v) is 10.8. The molecule has 10 nitrogen and oxygen atoms in total. The van der Waals surface area contributed by atoms with E-state index >= 15 is 0 Å². The van der Waals surface area contributed by atoms with Crippen LogP contribution in [0, 0.1) is 0 Å². The van der Waals surface area contributed by atoms with Crippen LogP contribution in [0.15, 0.2) is 36.9 Å². The second-order valence-electron chi connectivity index (χ2n) is 8.26. The Bertz CT molecular complexity index is 1050. The number of halogens is 1. The van der Waals surface area contributed by atoms with E-state index in [9.17, 15) is 10.2 Å². The van der Waals surface area contributed by atoms with E-state index in [0.29, 0.717) is 17.7 Å². The van der Waals surface area contributed by atoms with Crippen LogP contribution < -0.4 is 5.73 Å². The molecule has 1 aliphatic heterocycles. The Hall–Kier alpha value is -2.34. The molecule has 2 aromatic heterocycles. The predicted octanol–water partition coefficient (Wildman–Crippen LogP) is 0.745. The number of aliphatic hydroxyl groups is 2. The fraction of sp³-hybridized carbons (Fsp3) is 0.476. The number of aliphatic hydroxyl groups excluding tert-OH is 2. The standard InChI is InChI=1S/C21H28ClN7O3/c1-27(9-13-3-5-14(22)6-4-13)7-8-28(2)10-15-17(30)18(31)21(32-15)29-12-26-16-19(23)24-11-25-20(16)29/h3-6,11-12,15,17-18,21,30-31H,7-10H2,1-2H3,(H2,23,24,25)/t15-,17-,18-,21-/m1/s1. The van der Waals surface area contributed by atoms with Crippen LogP contribution in [-0.4, -0.2) is 91.6 Å². The highest BCUT2D eigenvalue weighted by Gasteiger charge is 2.44. The van der Waals surface area contributed by atoms with E-state index in [1.807, 2.05) is 31.3 Å². The molecule has 0 bridgehead atoms. The van der Waals surface area contributed by atoms with Gasteiger partial charge in [0, 0.05) is 31.2 Å². The highest BCUT2D eigenvalue weighted by atomic mass is 35.5. The number of likely N-dealkylation sites (N-methyl/N-ethyl adjacent to an activating group) is 2. The zero-order valence-electron chi connectivity index (χ0n) is 18.0. The third kappa shape index (κ3) is 4.85. The van der Waals surface area contributed by atoms with E-state index in [-0.39, 0.29) is 5.82 Å². The molecule has 32 heavy (non-hydrogen) atoms. The Morgan fingerprint density at radius 1 is 1.06 bits per heavy atom. The number of imidazole rings is 1. The number of nitrogen functional groups attached to an aromatic ring is 1. The van der Waals surface area contributed by atoms with E-state index in [1.165, 1.54) is 18.2 Å². The van der Waals surface area contributed by atoms with Crippen molar-refractivity contribution in [2.75, 3.05) is 39.5 Å². The van der Waals surface area contributed by atoms with Crippen LogP contribution in [0.3, 0.4) is 0 Å². The first-order valence-electron chi connectivity index (χ1n) is 10.4. The maximum atomic E-state index is 10.6. The zero-order chi connectivity index (χ0) is 22.8. The van der Waals surface area contributed by atoms with E-state index < -0.39 is 24.5 Å². The molecule has 1 aliphatic rings. The van der Waals surface area contributed by atoms with Crippen LogP contribution in [0.4, 0.5) is 5.82 Å². The molecule has 0 amide bonds. The summed E-state index contributed by atoms with van der Waals surface area (Å²) in [6, 6.07) is 7.82. The Morgan fingerprint density at radius 2 is 1.78 bits per heavy atom. The normalized spacial score (nSPS) is 23.6. The number of benzene rings is 1. The third-order valence-corrected chi connectivity index (χ3v) is 5.97. The van der Waals surface area contributed by atoms with E-state index in [4.69, 9.17) is 22.1 Å². The summed E-state index contributed by atoms with van der Waals surface area (Å²) in [7, 11) is 4.02. The lowest BCUT2D eigenvalue weighted by Crippen LogP contribution is -2.40. The molecule has 4 rings (SSSR count). The minimum atomic E-state index is -1.12. The van der Waals surface area contributed by atoms with Gasteiger partial charge in [-0.2, -0.15) is 0 Å². The van der Waals surface area contributed by atoms with Crippen molar-refractivity contribution in [3.63, 3.8) is 0 Å². The van der Waals surface area contributed by atoms with Crippen molar-refractivity contribution in [1.82, 2.24) is 29.3 Å². The largest absolute Gasteiger partial charge is 0.387 e. The predicted molar refractivity (Wildman–Crippen MR) is 121 cm³/mol. The van der Waals surface area contributed by atoms with Gasteiger partial charge in [-0.25, -0.2) is 15.0 Å². The molecule has 4 N–H and O–H groups in total. The van der Waals surface area contributed by atoms with Gasteiger partial charge in [0.15, 0.2) is 17.7 Å². The van der Waals surface area contributed by atoms with Crippen LogP contribution in [-0.2, 0) is 11.3 Å². The fourth-order valence-corrected chi connectivity index (χ4v) is 4.01. The summed E-state index contributed by atoms with van der Waals surface area (Å²) in [4.78, 5) is 16.6. The van der Waals surface area contributed by atoms with Crippen LogP contribution in [0.1, 0.15) is 11.8 Å². The summed E-state index contributed by atoms with van der Waals surface area (Å²) in [5, 5.41) is 21.9. The smallest absolute Gasteiger partial charge is 0.167 e. The lowest BCUT2D eigenvalue weighted by molar-refractivity contribution is -0.0424. The fourth-order valence-electron chi connectivity index (χ4n) is 3.89. The lowest BCUT2D eigenvalue weighted by Gasteiger charge is -2.25. The van der Waals surface area contributed by atoms with Gasteiger partial charge < -0.3 is 30.5 Å². The Labute approximate surface area is 191 Å². The molecule has 0 aliphatic carbocycles. The molecule has 3 aromatic rings. The topological polar surface area (TPSA) is 126 Å². The number of aromatic nitrogens is 4. The zero-order valence-corrected chi connectivity index (χ0v) is 18.8. The molecular formula is C21H28ClN7O3. The van der Waals surface area contributed by atoms with Crippen molar-refractivity contribution in [3.05, 3.63) is 47.5 Å². The van der Waals surface area contributed by atoms with E-state index in [1.54, 1.807) is 4.57 Å². The van der Waals surface area contributed by atoms with Crippen molar-refractivity contribution >= 4 is 28.6 Å². The summed E-state index contributed by atoms with van der Waals surface area (Å²) in [5.74, 6) is 0.251. The van der Waals surface area contributed by atoms with Gasteiger partial charge in [-0.1, -0.05) is 23.7 Å². The molecule has 0 saturated carbocycles. The average Bonchev–Trinajstić information content (AvgIpc) is 3.31. The van der Waals surface area contributed by atoms with Crippen LogP contribution in [0.5, 0.6) is 0 Å². The quantitative estimate of drug-likeness (QED) is 0.445. The van der Waals surface area contributed by atoms with Crippen molar-refractivity contribution in [2.45, 2.75) is 31.1 Å². The highest BCUT2D eigenvalue weighted by Crippen LogP contribution is 2.32. The summed E-state index contributed by atoms with van der Waals surface area (Å²) in [6.07, 6.45) is -0.693. The molecule has 3 heterocycles. The van der Waals surface area contributed by atoms with Crippen molar-refractivity contribution in [1.29, 1.82) is 0 Å². The van der Waals surface area contributed by atoms with E-state index in [2.05, 4.69) is 31.8 Å². The molecule has 1 fully saturated rings. The molecule has 0 unspecified atom stereocenters. The second kappa shape index (κ2) is 9.65. The molecule has 0 radical (unpaired) electrons. The minimum Gasteiger partial charge on any atom is -0.387 e. The molecule has 11 heteroatoms. The van der Waals surface area contributed by atoms with E-state index in [0.717, 1.165) is 24.7 Å². The van der Waals surface area contributed by atoms with Gasteiger partial charge in [-0.05, 0) is 31.8 Å². The number of ether oxygens (including phenoxy) is 1. The van der Waals surface area contributed by atoms with Crippen molar-refractivity contribution in [2.24, 2.45) is 0 Å². The summed E-state index contributed by atoms with van der Waals surface area (Å²) in [5.41, 5.74) is 7.91. The molecule has 1 saturated heterocycles. The number of anilines is 1. The maximum Gasteiger partial charge on any atom is 0.167 e. The molecule has 1 aromatic carbocycles. The molecular weight excluding hydrogens is 434 g/mol. The second-order valence-corrected chi connectivity index (χ2v) is 8.69. The Balaban J connectivity index is 1.33. The monoisotopic (exact) mass is 461 g/mol. The van der Waals surface area contributed by atoms with Gasteiger partial charge in [0.2, 0.25) is 0 Å². The molecule has 172 valence electrons. The number of hydrogen-bond acceptors (Lipinski definition) is 9. The number of rotatable bonds is 8. The van der Waals surface area contributed by atoms with Gasteiger partial charge in [0.05, 0.1) is 6.33 Å². The van der Waals surface area contributed by atoms with Crippen LogP contribution >= 0.6 is 11.6 Å². The summed E-state index contributed by atoms with van der Waals surface area (Å²) in [6.45, 7) is 2.88. The van der Waals surface area contributed by atoms with Crippen LogP contribution in [0.25, 0.3) is 11.2 Å². The van der Waals surface area contributed by atoms with Gasteiger partial charge in [0.1, 0.15) is 30.2 Å². The number of fused-ring (bicyclic) bond motifs is 1.